The maximum Gasteiger partial charge on any atom is 0.343 e. The number of carbonyl (C=O) groups is 1. The number of aromatic nitrogens is 2. The molecule has 31 heavy (non-hydrogen) atoms. The average molecular weight is 414 g/mol. The zero-order chi connectivity index (χ0) is 21.8. The first-order chi connectivity index (χ1) is 15.1. The normalized spacial score (nSPS) is 10.8. The van der Waals surface area contributed by atoms with E-state index in [1.807, 2.05) is 55.5 Å². The maximum atomic E-state index is 12.8. The fourth-order valence-corrected chi connectivity index (χ4v) is 3.48. The van der Waals surface area contributed by atoms with Crippen LogP contribution in [0, 0.1) is 0 Å². The fourth-order valence-electron chi connectivity index (χ4n) is 3.48. The lowest BCUT2D eigenvalue weighted by atomic mass is 10.0. The van der Waals surface area contributed by atoms with Crippen molar-refractivity contribution in [3.05, 3.63) is 88.8 Å². The van der Waals surface area contributed by atoms with Gasteiger partial charge in [-0.25, -0.2) is 9.78 Å². The van der Waals surface area contributed by atoms with Crippen molar-refractivity contribution in [2.75, 3.05) is 13.2 Å². The third-order valence-electron chi connectivity index (χ3n) is 4.86. The number of esters is 1. The monoisotopic (exact) mass is 414 g/mol. The molecule has 2 heterocycles. The minimum Gasteiger partial charge on any atom is -0.494 e. The minimum absolute atomic E-state index is 0.0221. The lowest BCUT2D eigenvalue weighted by molar-refractivity contribution is 0.0524. The van der Waals surface area contributed by atoms with Crippen molar-refractivity contribution in [1.29, 1.82) is 0 Å². The number of fused-ring (bicyclic) bond motifs is 1. The lowest BCUT2D eigenvalue weighted by Gasteiger charge is -2.14. The second kappa shape index (κ2) is 8.83. The molecule has 0 bridgehead atoms. The highest BCUT2D eigenvalue weighted by atomic mass is 16.5. The van der Waals surface area contributed by atoms with Crippen LogP contribution in [0.2, 0.25) is 0 Å². The van der Waals surface area contributed by atoms with Gasteiger partial charge in [-0.2, -0.15) is 0 Å². The zero-order valence-corrected chi connectivity index (χ0v) is 17.4. The number of hydrogen-bond acceptors (Lipinski definition) is 5. The molecule has 0 aliphatic heterocycles. The van der Waals surface area contributed by atoms with Gasteiger partial charge in [0, 0.05) is 18.1 Å². The van der Waals surface area contributed by atoms with E-state index in [4.69, 9.17) is 9.47 Å². The van der Waals surface area contributed by atoms with Gasteiger partial charge in [0.1, 0.15) is 17.0 Å². The van der Waals surface area contributed by atoms with Crippen molar-refractivity contribution in [2.45, 2.75) is 13.8 Å². The van der Waals surface area contributed by atoms with Crippen molar-refractivity contribution in [3.8, 4) is 22.6 Å². The van der Waals surface area contributed by atoms with Crippen molar-refractivity contribution < 1.29 is 14.3 Å². The van der Waals surface area contributed by atoms with Crippen LogP contribution in [0.25, 0.3) is 27.8 Å². The quantitative estimate of drug-likeness (QED) is 0.430. The van der Waals surface area contributed by atoms with Crippen LogP contribution in [0.15, 0.2) is 77.9 Å². The van der Waals surface area contributed by atoms with E-state index in [0.29, 0.717) is 17.6 Å². The standard InChI is InChI=1S/C25H22N2O4/c1-3-30-20-11-6-9-18(15-20)17-8-5-10-19(14-17)27-16-22(25(29)31-4-2)23(28)21-12-7-13-26-24(21)27/h5-16H,3-4H2,1-2H3. The van der Waals surface area contributed by atoms with Crippen LogP contribution < -0.4 is 10.2 Å². The zero-order valence-electron chi connectivity index (χ0n) is 17.4. The van der Waals surface area contributed by atoms with Crippen LogP contribution in [0.1, 0.15) is 24.2 Å². The highest BCUT2D eigenvalue weighted by Gasteiger charge is 2.18. The number of ether oxygens (including phenoxy) is 2. The van der Waals surface area contributed by atoms with Gasteiger partial charge < -0.3 is 14.0 Å². The minimum atomic E-state index is -0.646. The van der Waals surface area contributed by atoms with Gasteiger partial charge in [-0.3, -0.25) is 4.79 Å². The number of carbonyl (C=O) groups excluding carboxylic acids is 1. The SMILES string of the molecule is CCOC(=O)c1cn(-c2cccc(-c3cccc(OCC)c3)c2)c2ncccc2c1=O. The van der Waals surface area contributed by atoms with Crippen LogP contribution in [-0.2, 0) is 4.74 Å². The molecular weight excluding hydrogens is 392 g/mol. The van der Waals surface area contributed by atoms with E-state index >= 15 is 0 Å². The van der Waals surface area contributed by atoms with Crippen molar-refractivity contribution in [1.82, 2.24) is 9.55 Å². The molecule has 6 nitrogen and oxygen atoms in total. The largest absolute Gasteiger partial charge is 0.494 e. The van der Waals surface area contributed by atoms with Gasteiger partial charge in [0.15, 0.2) is 0 Å². The van der Waals surface area contributed by atoms with Gasteiger partial charge in [0.05, 0.1) is 18.6 Å². The Morgan fingerprint density at radius 1 is 0.968 bits per heavy atom. The molecule has 156 valence electrons. The van der Waals surface area contributed by atoms with Crippen molar-refractivity contribution >= 4 is 17.0 Å². The van der Waals surface area contributed by atoms with E-state index in [2.05, 4.69) is 4.98 Å². The molecule has 0 N–H and O–H groups in total. The summed E-state index contributed by atoms with van der Waals surface area (Å²) in [5.41, 5.74) is 2.80. The molecule has 0 atom stereocenters. The molecule has 0 unspecified atom stereocenters. The molecule has 0 spiro atoms. The van der Waals surface area contributed by atoms with Crippen molar-refractivity contribution in [3.63, 3.8) is 0 Å². The summed E-state index contributed by atoms with van der Waals surface area (Å²) in [7, 11) is 0. The van der Waals surface area contributed by atoms with E-state index in [9.17, 15) is 9.59 Å². The molecule has 0 saturated heterocycles. The summed E-state index contributed by atoms with van der Waals surface area (Å²) in [5.74, 6) is 0.151. The van der Waals surface area contributed by atoms with Gasteiger partial charge in [0.2, 0.25) is 5.43 Å². The maximum absolute atomic E-state index is 12.8. The fraction of sp³-hybridized carbons (Fsp3) is 0.160. The smallest absolute Gasteiger partial charge is 0.343 e. The van der Waals surface area contributed by atoms with Gasteiger partial charge >= 0.3 is 5.97 Å². The van der Waals surface area contributed by atoms with E-state index in [-0.39, 0.29) is 12.2 Å². The summed E-state index contributed by atoms with van der Waals surface area (Å²) in [6.07, 6.45) is 3.13. The molecule has 2 aromatic carbocycles. The predicted octanol–water partition coefficient (Wildman–Crippen LogP) is 4.63. The average Bonchev–Trinajstić information content (AvgIpc) is 2.80. The molecule has 0 amide bonds. The Hall–Kier alpha value is -3.93. The summed E-state index contributed by atoms with van der Waals surface area (Å²) < 4.78 is 12.5. The summed E-state index contributed by atoms with van der Waals surface area (Å²) in [4.78, 5) is 29.7. The highest BCUT2D eigenvalue weighted by molar-refractivity contribution is 5.93. The van der Waals surface area contributed by atoms with Crippen LogP contribution in [0.4, 0.5) is 0 Å². The Kier molecular flexibility index (Phi) is 5.80. The molecule has 0 saturated carbocycles. The summed E-state index contributed by atoms with van der Waals surface area (Å²) in [5, 5.41) is 0.358. The molecule has 0 radical (unpaired) electrons. The van der Waals surface area contributed by atoms with Crippen LogP contribution in [-0.4, -0.2) is 28.7 Å². The molecule has 4 aromatic rings. The predicted molar refractivity (Wildman–Crippen MR) is 120 cm³/mol. The number of nitrogens with zero attached hydrogens (tertiary/aromatic N) is 2. The first kappa shape index (κ1) is 20.3. The molecular formula is C25H22N2O4. The second-order valence-electron chi connectivity index (χ2n) is 6.85. The molecule has 2 aromatic heterocycles. The van der Waals surface area contributed by atoms with Gasteiger partial charge in [-0.15, -0.1) is 0 Å². The Morgan fingerprint density at radius 2 is 1.74 bits per heavy atom. The number of rotatable bonds is 6. The van der Waals surface area contributed by atoms with Gasteiger partial charge in [-0.1, -0.05) is 24.3 Å². The van der Waals surface area contributed by atoms with E-state index < -0.39 is 11.4 Å². The van der Waals surface area contributed by atoms with E-state index in [1.54, 1.807) is 29.8 Å². The van der Waals surface area contributed by atoms with E-state index in [0.717, 1.165) is 22.6 Å². The number of hydrogen-bond donors (Lipinski definition) is 0. The Labute approximate surface area is 179 Å². The third kappa shape index (κ3) is 4.05. The first-order valence-corrected chi connectivity index (χ1v) is 10.1. The van der Waals surface area contributed by atoms with Gasteiger partial charge in [0.25, 0.3) is 0 Å². The number of pyridine rings is 2. The van der Waals surface area contributed by atoms with Crippen LogP contribution in [0.5, 0.6) is 5.75 Å². The van der Waals surface area contributed by atoms with Crippen LogP contribution in [0.3, 0.4) is 0 Å². The second-order valence-corrected chi connectivity index (χ2v) is 6.85. The molecule has 0 aliphatic rings. The molecule has 0 fully saturated rings. The Morgan fingerprint density at radius 3 is 2.52 bits per heavy atom. The summed E-state index contributed by atoms with van der Waals surface area (Å²) in [6.45, 7) is 4.44. The topological polar surface area (TPSA) is 70.4 Å². The molecule has 0 aliphatic carbocycles. The summed E-state index contributed by atoms with van der Waals surface area (Å²) in [6, 6.07) is 19.0. The highest BCUT2D eigenvalue weighted by Crippen LogP contribution is 2.27. The van der Waals surface area contributed by atoms with Gasteiger partial charge in [-0.05, 0) is 61.4 Å². The Bertz CT molecular complexity index is 1310. The molecule has 6 heteroatoms. The molecule has 4 rings (SSSR count). The summed E-state index contributed by atoms with van der Waals surface area (Å²) >= 11 is 0. The number of benzene rings is 2. The lowest BCUT2D eigenvalue weighted by Crippen LogP contribution is -2.21. The van der Waals surface area contributed by atoms with Crippen LogP contribution >= 0.6 is 0 Å². The third-order valence-corrected chi connectivity index (χ3v) is 4.86. The van der Waals surface area contributed by atoms with E-state index in [1.165, 1.54) is 6.20 Å². The van der Waals surface area contributed by atoms with Crippen molar-refractivity contribution in [2.24, 2.45) is 0 Å². The Balaban J connectivity index is 1.89. The first-order valence-electron chi connectivity index (χ1n) is 10.1.